The molecule has 1 aliphatic rings. The average molecular weight is 106 g/mol. The predicted molar refractivity (Wildman–Crippen MR) is 23.3 cm³/mol. The van der Waals surface area contributed by atoms with Crippen LogP contribution < -0.4 is 0 Å². The van der Waals surface area contributed by atoms with E-state index >= 15 is 0 Å². The lowest BCUT2D eigenvalue weighted by molar-refractivity contribution is 0.0721. The molecule has 1 aliphatic carbocycles. The fourth-order valence-electron chi connectivity index (χ4n) is 0.415. The molecular weight excluding hydrogens is 98.1 g/mol. The van der Waals surface area contributed by atoms with Gasteiger partial charge in [-0.2, -0.15) is 0 Å². The topological polar surface area (TPSA) is 0 Å². The number of alkyl halides is 2. The Morgan fingerprint density at radius 1 is 1.43 bits per heavy atom. The molecule has 0 N–H and O–H groups in total. The van der Waals surface area contributed by atoms with Gasteiger partial charge in [-0.25, -0.2) is 8.78 Å². The van der Waals surface area contributed by atoms with E-state index in [0.717, 1.165) is 0 Å². The average Bonchev–Trinajstić information content (AvgIpc) is 2.21. The molecular formula is C5H8F2. The van der Waals surface area contributed by atoms with Crippen LogP contribution >= 0.6 is 0 Å². The highest BCUT2D eigenvalue weighted by atomic mass is 19.3. The molecule has 0 nitrogen and oxygen atoms in total. The van der Waals surface area contributed by atoms with E-state index in [4.69, 9.17) is 0 Å². The molecule has 0 radical (unpaired) electrons. The van der Waals surface area contributed by atoms with Gasteiger partial charge in [0, 0.05) is 5.41 Å². The number of hydrogen-bond donors (Lipinski definition) is 0. The van der Waals surface area contributed by atoms with Crippen LogP contribution in [0.1, 0.15) is 19.8 Å². The summed E-state index contributed by atoms with van der Waals surface area (Å²) in [6, 6.07) is 0. The van der Waals surface area contributed by atoms with Gasteiger partial charge in [0.1, 0.15) is 0 Å². The highest BCUT2D eigenvalue weighted by Crippen LogP contribution is 2.49. The fraction of sp³-hybridized carbons (Fsp3) is 1.00. The van der Waals surface area contributed by atoms with Gasteiger partial charge in [-0.15, -0.1) is 0 Å². The van der Waals surface area contributed by atoms with E-state index in [1.54, 1.807) is 6.92 Å². The van der Waals surface area contributed by atoms with E-state index in [2.05, 4.69) is 0 Å². The maximum Gasteiger partial charge on any atom is 0.243 e. The van der Waals surface area contributed by atoms with E-state index in [0.29, 0.717) is 12.8 Å². The van der Waals surface area contributed by atoms with Gasteiger partial charge >= 0.3 is 0 Å². The molecule has 0 aromatic rings. The van der Waals surface area contributed by atoms with E-state index in [1.165, 1.54) is 0 Å². The molecule has 1 fully saturated rings. The highest BCUT2D eigenvalue weighted by Gasteiger charge is 2.45. The second-order valence-electron chi connectivity index (χ2n) is 2.45. The van der Waals surface area contributed by atoms with Gasteiger partial charge < -0.3 is 0 Å². The third-order valence-corrected chi connectivity index (χ3v) is 1.57. The zero-order valence-electron chi connectivity index (χ0n) is 4.25. The van der Waals surface area contributed by atoms with Gasteiger partial charge in [0.15, 0.2) is 0 Å². The third-order valence-electron chi connectivity index (χ3n) is 1.57. The summed E-state index contributed by atoms with van der Waals surface area (Å²) in [5.74, 6) is 0. The smallest absolute Gasteiger partial charge is 0.210 e. The van der Waals surface area contributed by atoms with E-state index < -0.39 is 11.8 Å². The van der Waals surface area contributed by atoms with Crippen molar-refractivity contribution in [1.82, 2.24) is 0 Å². The molecule has 2 heteroatoms. The zero-order valence-corrected chi connectivity index (χ0v) is 4.25. The van der Waals surface area contributed by atoms with Gasteiger partial charge in [-0.05, 0) is 12.8 Å². The first-order valence-corrected chi connectivity index (χ1v) is 2.43. The summed E-state index contributed by atoms with van der Waals surface area (Å²) >= 11 is 0. The fourth-order valence-corrected chi connectivity index (χ4v) is 0.415. The first-order chi connectivity index (χ1) is 3.15. The van der Waals surface area contributed by atoms with Crippen LogP contribution in [0.15, 0.2) is 0 Å². The van der Waals surface area contributed by atoms with Crippen molar-refractivity contribution in [2.24, 2.45) is 5.41 Å². The van der Waals surface area contributed by atoms with E-state index in [9.17, 15) is 8.78 Å². The molecule has 0 aromatic heterocycles. The first kappa shape index (κ1) is 5.01. The Morgan fingerprint density at radius 2 is 1.86 bits per heavy atom. The quantitative estimate of drug-likeness (QED) is 0.480. The number of rotatable bonds is 1. The van der Waals surface area contributed by atoms with E-state index in [-0.39, 0.29) is 0 Å². The van der Waals surface area contributed by atoms with Crippen molar-refractivity contribution >= 4 is 0 Å². The Hall–Kier alpha value is -0.140. The van der Waals surface area contributed by atoms with Crippen molar-refractivity contribution in [3.05, 3.63) is 0 Å². The summed E-state index contributed by atoms with van der Waals surface area (Å²) in [5.41, 5.74) is -0.583. The SMILES string of the molecule is CC1(C(F)F)CC1. The van der Waals surface area contributed by atoms with Gasteiger partial charge in [-0.1, -0.05) is 6.92 Å². The Bertz CT molecular complexity index is 74.1. The minimum atomic E-state index is -2.09. The van der Waals surface area contributed by atoms with Crippen LogP contribution in [0.4, 0.5) is 8.78 Å². The molecule has 0 saturated heterocycles. The molecule has 0 unspecified atom stereocenters. The van der Waals surface area contributed by atoms with Gasteiger partial charge in [0.2, 0.25) is 6.43 Å². The van der Waals surface area contributed by atoms with Crippen LogP contribution in [0.5, 0.6) is 0 Å². The Balaban J connectivity index is 2.39. The monoisotopic (exact) mass is 106 g/mol. The molecule has 0 aliphatic heterocycles. The van der Waals surface area contributed by atoms with Gasteiger partial charge in [-0.3, -0.25) is 0 Å². The maximum absolute atomic E-state index is 11.6. The Kier molecular flexibility index (Phi) is 0.839. The van der Waals surface area contributed by atoms with Gasteiger partial charge in [0.25, 0.3) is 0 Å². The van der Waals surface area contributed by atoms with Crippen LogP contribution in [0.3, 0.4) is 0 Å². The summed E-state index contributed by atoms with van der Waals surface area (Å²) < 4.78 is 23.2. The lowest BCUT2D eigenvalue weighted by Crippen LogP contribution is -2.05. The van der Waals surface area contributed by atoms with Crippen LogP contribution in [-0.2, 0) is 0 Å². The lowest BCUT2D eigenvalue weighted by Gasteiger charge is -2.02. The zero-order chi connectivity index (χ0) is 5.49. The Labute approximate surface area is 41.5 Å². The van der Waals surface area contributed by atoms with E-state index in [1.807, 2.05) is 0 Å². The second-order valence-corrected chi connectivity index (χ2v) is 2.45. The maximum atomic E-state index is 11.6. The molecule has 1 saturated carbocycles. The lowest BCUT2D eigenvalue weighted by atomic mass is 10.2. The highest BCUT2D eigenvalue weighted by molar-refractivity contribution is 4.90. The summed E-state index contributed by atoms with van der Waals surface area (Å²) in [7, 11) is 0. The van der Waals surface area contributed by atoms with Crippen molar-refractivity contribution in [3.8, 4) is 0 Å². The summed E-state index contributed by atoms with van der Waals surface area (Å²) in [6.45, 7) is 1.62. The van der Waals surface area contributed by atoms with Crippen molar-refractivity contribution in [1.29, 1.82) is 0 Å². The first-order valence-electron chi connectivity index (χ1n) is 2.43. The molecule has 0 aromatic carbocycles. The van der Waals surface area contributed by atoms with Crippen LogP contribution in [-0.4, -0.2) is 6.43 Å². The van der Waals surface area contributed by atoms with Crippen molar-refractivity contribution in [2.75, 3.05) is 0 Å². The molecule has 0 bridgehead atoms. The largest absolute Gasteiger partial charge is 0.243 e. The van der Waals surface area contributed by atoms with Crippen LogP contribution in [0, 0.1) is 5.41 Å². The molecule has 0 atom stereocenters. The van der Waals surface area contributed by atoms with Crippen molar-refractivity contribution < 1.29 is 8.78 Å². The molecule has 0 amide bonds. The Morgan fingerprint density at radius 3 is 1.86 bits per heavy atom. The third kappa shape index (κ3) is 0.740. The molecule has 1 rings (SSSR count). The molecule has 42 valence electrons. The minimum absolute atomic E-state index is 0.583. The summed E-state index contributed by atoms with van der Waals surface area (Å²) in [6.07, 6.45) is -0.664. The van der Waals surface area contributed by atoms with Crippen molar-refractivity contribution in [2.45, 2.75) is 26.2 Å². The molecule has 0 heterocycles. The summed E-state index contributed by atoms with van der Waals surface area (Å²) in [5, 5.41) is 0. The van der Waals surface area contributed by atoms with Gasteiger partial charge in [0.05, 0.1) is 0 Å². The van der Waals surface area contributed by atoms with Crippen LogP contribution in [0.25, 0.3) is 0 Å². The summed E-state index contributed by atoms with van der Waals surface area (Å²) in [4.78, 5) is 0. The second kappa shape index (κ2) is 1.17. The molecule has 7 heavy (non-hydrogen) atoms. The minimum Gasteiger partial charge on any atom is -0.210 e. The number of halogens is 2. The normalized spacial score (nSPS) is 25.7. The number of hydrogen-bond acceptors (Lipinski definition) is 0. The predicted octanol–water partition coefficient (Wildman–Crippen LogP) is 2.05. The van der Waals surface area contributed by atoms with Crippen LogP contribution in [0.2, 0.25) is 0 Å². The molecule has 0 spiro atoms. The van der Waals surface area contributed by atoms with Crippen molar-refractivity contribution in [3.63, 3.8) is 0 Å². The standard InChI is InChI=1S/C5H8F2/c1-5(2-3-5)4(6)7/h4H,2-3H2,1H3.